The number of carboxylic acids is 1. The van der Waals surface area contributed by atoms with Crippen LogP contribution >= 0.6 is 0 Å². The summed E-state index contributed by atoms with van der Waals surface area (Å²) in [5.41, 5.74) is 1.43. The van der Waals surface area contributed by atoms with Gasteiger partial charge in [0.2, 0.25) is 0 Å². The van der Waals surface area contributed by atoms with Crippen LogP contribution in [0, 0.1) is 17.8 Å². The van der Waals surface area contributed by atoms with Crippen molar-refractivity contribution in [1.29, 1.82) is 0 Å². The highest BCUT2D eigenvalue weighted by atomic mass is 16.4. The van der Waals surface area contributed by atoms with Gasteiger partial charge in [0.25, 0.3) is 5.91 Å². The Bertz CT molecular complexity index is 782. The zero-order chi connectivity index (χ0) is 15.4. The molecule has 1 aromatic heterocycles. The Kier molecular flexibility index (Phi) is 2.76. The smallest absolute Gasteiger partial charge is 0.306 e. The van der Waals surface area contributed by atoms with Crippen LogP contribution in [0.2, 0.25) is 0 Å². The molecule has 2 fully saturated rings. The fourth-order valence-electron chi connectivity index (χ4n) is 3.43. The molecule has 2 aliphatic carbocycles. The molecule has 0 unspecified atom stereocenters. The van der Waals surface area contributed by atoms with E-state index in [4.69, 9.17) is 5.11 Å². The van der Waals surface area contributed by atoms with Gasteiger partial charge in [-0.25, -0.2) is 0 Å². The molecule has 114 valence electrons. The number of carboxylic acid groups (broad SMARTS) is 1. The topological polar surface area (TPSA) is 84.2 Å². The van der Waals surface area contributed by atoms with Gasteiger partial charge in [-0.1, -0.05) is 6.07 Å². The first kappa shape index (κ1) is 13.3. The Morgan fingerprint density at radius 3 is 2.86 bits per heavy atom. The first-order valence-electron chi connectivity index (χ1n) is 7.50. The van der Waals surface area contributed by atoms with Gasteiger partial charge in [-0.05, 0) is 36.8 Å². The quantitative estimate of drug-likeness (QED) is 0.894. The van der Waals surface area contributed by atoms with Gasteiger partial charge in [0.05, 0.1) is 17.0 Å². The lowest BCUT2D eigenvalue weighted by molar-refractivity contribution is -0.138. The number of aromatic nitrogens is 2. The van der Waals surface area contributed by atoms with E-state index in [0.29, 0.717) is 11.5 Å². The standard InChI is InChI=1S/C16H17N3O3/c1-19-7-12-8(3-2-4-13(12)18-19)15(20)17-14-6-10(14)9-5-11(9)16(21)22/h2-4,7,9-11,14H,5-6H2,1H3,(H,17,20)(H,21,22)/t9-,10+,11-,14+/m0/s1. The number of hydrogen-bond donors (Lipinski definition) is 2. The predicted octanol–water partition coefficient (Wildman–Crippen LogP) is 1.41. The molecule has 1 aromatic carbocycles. The lowest BCUT2D eigenvalue weighted by atomic mass is 10.1. The lowest BCUT2D eigenvalue weighted by Crippen LogP contribution is -2.27. The lowest BCUT2D eigenvalue weighted by Gasteiger charge is -2.05. The summed E-state index contributed by atoms with van der Waals surface area (Å²) in [5, 5.41) is 17.2. The van der Waals surface area contributed by atoms with E-state index in [0.717, 1.165) is 23.7 Å². The molecule has 1 heterocycles. The second-order valence-electron chi connectivity index (χ2n) is 6.36. The van der Waals surface area contributed by atoms with E-state index in [9.17, 15) is 9.59 Å². The number of nitrogens with one attached hydrogen (secondary N) is 1. The number of rotatable bonds is 4. The molecular formula is C16H17N3O3. The normalized spacial score (nSPS) is 29.3. The number of nitrogens with zero attached hydrogens (tertiary/aromatic N) is 2. The maximum absolute atomic E-state index is 12.5. The number of benzene rings is 1. The second-order valence-corrected chi connectivity index (χ2v) is 6.36. The maximum atomic E-state index is 12.5. The summed E-state index contributed by atoms with van der Waals surface area (Å²) in [6.07, 6.45) is 3.49. The maximum Gasteiger partial charge on any atom is 0.306 e. The number of carbonyl (C=O) groups is 2. The van der Waals surface area contributed by atoms with Crippen LogP contribution in [-0.4, -0.2) is 32.8 Å². The Morgan fingerprint density at radius 2 is 2.14 bits per heavy atom. The van der Waals surface area contributed by atoms with E-state index in [1.54, 1.807) is 10.7 Å². The molecule has 0 aliphatic heterocycles. The monoisotopic (exact) mass is 299 g/mol. The highest BCUT2D eigenvalue weighted by Gasteiger charge is 2.56. The first-order valence-corrected chi connectivity index (χ1v) is 7.50. The zero-order valence-electron chi connectivity index (χ0n) is 12.2. The molecule has 4 atom stereocenters. The van der Waals surface area contributed by atoms with Crippen molar-refractivity contribution in [3.8, 4) is 0 Å². The van der Waals surface area contributed by atoms with Crippen LogP contribution in [0.3, 0.4) is 0 Å². The molecule has 0 radical (unpaired) electrons. The molecule has 0 spiro atoms. The Balaban J connectivity index is 1.46. The van der Waals surface area contributed by atoms with Gasteiger partial charge < -0.3 is 10.4 Å². The average molecular weight is 299 g/mol. The summed E-state index contributed by atoms with van der Waals surface area (Å²) in [6, 6.07) is 5.63. The van der Waals surface area contributed by atoms with Crippen LogP contribution in [0.15, 0.2) is 24.4 Å². The summed E-state index contributed by atoms with van der Waals surface area (Å²) in [4.78, 5) is 23.4. The molecule has 2 N–H and O–H groups in total. The van der Waals surface area contributed by atoms with Gasteiger partial charge in [0.1, 0.15) is 0 Å². The van der Waals surface area contributed by atoms with Gasteiger partial charge in [-0.15, -0.1) is 0 Å². The molecule has 0 bridgehead atoms. The fourth-order valence-corrected chi connectivity index (χ4v) is 3.43. The molecule has 4 rings (SSSR count). The molecule has 2 aliphatic rings. The van der Waals surface area contributed by atoms with E-state index in [-0.39, 0.29) is 23.8 Å². The van der Waals surface area contributed by atoms with Crippen molar-refractivity contribution in [1.82, 2.24) is 15.1 Å². The molecule has 22 heavy (non-hydrogen) atoms. The number of aryl methyl sites for hydroxylation is 1. The van der Waals surface area contributed by atoms with E-state index in [2.05, 4.69) is 10.4 Å². The molecule has 0 saturated heterocycles. The molecule has 2 saturated carbocycles. The Morgan fingerprint density at radius 1 is 1.32 bits per heavy atom. The van der Waals surface area contributed by atoms with E-state index in [1.165, 1.54) is 0 Å². The van der Waals surface area contributed by atoms with Gasteiger partial charge in [0.15, 0.2) is 0 Å². The number of amides is 1. The average Bonchev–Trinajstić information content (AvgIpc) is 3.33. The fraction of sp³-hybridized carbons (Fsp3) is 0.438. The predicted molar refractivity (Wildman–Crippen MR) is 79.3 cm³/mol. The third-order valence-electron chi connectivity index (χ3n) is 4.77. The number of carbonyl (C=O) groups excluding carboxylic acids is 1. The summed E-state index contributed by atoms with van der Waals surface area (Å²) in [6.45, 7) is 0. The van der Waals surface area contributed by atoms with E-state index < -0.39 is 5.97 Å². The SMILES string of the molecule is Cn1cc2c(C(=O)N[C@@H]3C[C@@H]3[C@@H]3C[C@@H]3C(=O)O)cccc2n1. The summed E-state index contributed by atoms with van der Waals surface area (Å²) >= 11 is 0. The van der Waals surface area contributed by atoms with Crippen LogP contribution in [-0.2, 0) is 11.8 Å². The minimum Gasteiger partial charge on any atom is -0.481 e. The summed E-state index contributed by atoms with van der Waals surface area (Å²) in [7, 11) is 1.83. The molecular weight excluding hydrogens is 282 g/mol. The Hall–Kier alpha value is -2.37. The number of fused-ring (bicyclic) bond motifs is 1. The summed E-state index contributed by atoms with van der Waals surface area (Å²) < 4.78 is 1.70. The van der Waals surface area contributed by atoms with Gasteiger partial charge in [-0.2, -0.15) is 5.10 Å². The van der Waals surface area contributed by atoms with Crippen molar-refractivity contribution in [2.45, 2.75) is 18.9 Å². The van der Waals surface area contributed by atoms with Crippen LogP contribution in [0.4, 0.5) is 0 Å². The molecule has 6 heteroatoms. The van der Waals surface area contributed by atoms with Crippen molar-refractivity contribution in [2.75, 3.05) is 0 Å². The zero-order valence-corrected chi connectivity index (χ0v) is 12.2. The largest absolute Gasteiger partial charge is 0.481 e. The van der Waals surface area contributed by atoms with Crippen molar-refractivity contribution in [3.63, 3.8) is 0 Å². The number of aliphatic carboxylic acids is 1. The van der Waals surface area contributed by atoms with Crippen LogP contribution < -0.4 is 5.32 Å². The molecule has 6 nitrogen and oxygen atoms in total. The van der Waals surface area contributed by atoms with Crippen LogP contribution in [0.25, 0.3) is 10.9 Å². The van der Waals surface area contributed by atoms with Crippen molar-refractivity contribution < 1.29 is 14.7 Å². The van der Waals surface area contributed by atoms with Crippen molar-refractivity contribution in [2.24, 2.45) is 24.8 Å². The van der Waals surface area contributed by atoms with Gasteiger partial charge >= 0.3 is 5.97 Å². The molecule has 1 amide bonds. The third-order valence-corrected chi connectivity index (χ3v) is 4.77. The van der Waals surface area contributed by atoms with Crippen molar-refractivity contribution in [3.05, 3.63) is 30.0 Å². The first-order chi connectivity index (χ1) is 10.5. The molecule has 2 aromatic rings. The minimum absolute atomic E-state index is 0.0985. The number of hydrogen-bond acceptors (Lipinski definition) is 3. The van der Waals surface area contributed by atoms with Crippen LogP contribution in [0.1, 0.15) is 23.2 Å². The van der Waals surface area contributed by atoms with Gasteiger partial charge in [-0.3, -0.25) is 14.3 Å². The van der Waals surface area contributed by atoms with E-state index >= 15 is 0 Å². The second kappa shape index (κ2) is 4.56. The highest BCUT2D eigenvalue weighted by molar-refractivity contribution is 6.06. The Labute approximate surface area is 127 Å². The van der Waals surface area contributed by atoms with Gasteiger partial charge in [0, 0.05) is 24.7 Å². The van der Waals surface area contributed by atoms with Crippen molar-refractivity contribution >= 4 is 22.8 Å². The summed E-state index contributed by atoms with van der Waals surface area (Å²) in [5.74, 6) is -0.426. The van der Waals surface area contributed by atoms with Crippen LogP contribution in [0.5, 0.6) is 0 Å². The van der Waals surface area contributed by atoms with E-state index in [1.807, 2.05) is 25.4 Å². The third kappa shape index (κ3) is 2.15. The minimum atomic E-state index is -0.706. The highest BCUT2D eigenvalue weighted by Crippen LogP contribution is 2.54.